The molecule has 0 unspecified atom stereocenters. The van der Waals surface area contributed by atoms with Crippen molar-refractivity contribution in [3.63, 3.8) is 0 Å². The van der Waals surface area contributed by atoms with Gasteiger partial charge in [0.25, 0.3) is 0 Å². The van der Waals surface area contributed by atoms with Gasteiger partial charge in [0.2, 0.25) is 0 Å². The van der Waals surface area contributed by atoms with Crippen LogP contribution < -0.4 is 10.6 Å². The molecule has 122 valence electrons. The lowest BCUT2D eigenvalue weighted by atomic mass is 9.71. The predicted molar refractivity (Wildman–Crippen MR) is 98.9 cm³/mol. The summed E-state index contributed by atoms with van der Waals surface area (Å²) in [6, 6.07) is 11.2. The minimum Gasteiger partial charge on any atom is -0.360 e. The minimum atomic E-state index is 0.243. The molecule has 0 aromatic heterocycles. The standard InChI is InChI=1S/C19H30N2S/c1-14(15-8-6-5-7-9-15)20-18(22)21-17-12-10-16(11-13-17)19(2,3)4/h5-9,14,16-17H,10-13H2,1-4H3,(H2,20,21,22)/t14-,16?,17?/m0/s1. The highest BCUT2D eigenvalue weighted by Gasteiger charge is 2.29. The van der Waals surface area contributed by atoms with E-state index in [1.807, 2.05) is 6.07 Å². The van der Waals surface area contributed by atoms with Crippen LogP contribution in [-0.4, -0.2) is 11.2 Å². The van der Waals surface area contributed by atoms with Crippen molar-refractivity contribution in [2.45, 2.75) is 65.5 Å². The van der Waals surface area contributed by atoms with E-state index in [1.54, 1.807) is 0 Å². The zero-order chi connectivity index (χ0) is 16.2. The molecule has 1 aromatic carbocycles. The quantitative estimate of drug-likeness (QED) is 0.782. The second-order valence-corrected chi connectivity index (χ2v) is 8.07. The first-order chi connectivity index (χ1) is 10.4. The van der Waals surface area contributed by atoms with Crippen LogP contribution in [0.1, 0.15) is 65.0 Å². The zero-order valence-corrected chi connectivity index (χ0v) is 15.2. The van der Waals surface area contributed by atoms with Gasteiger partial charge in [0.15, 0.2) is 5.11 Å². The largest absolute Gasteiger partial charge is 0.360 e. The Hall–Kier alpha value is -1.09. The lowest BCUT2D eigenvalue weighted by Crippen LogP contribution is -2.45. The maximum atomic E-state index is 5.49. The van der Waals surface area contributed by atoms with E-state index in [0.717, 1.165) is 11.0 Å². The summed E-state index contributed by atoms with van der Waals surface area (Å²) in [6.07, 6.45) is 5.06. The molecule has 3 heteroatoms. The number of thiocarbonyl (C=S) groups is 1. The molecule has 0 amide bonds. The summed E-state index contributed by atoms with van der Waals surface area (Å²) in [7, 11) is 0. The van der Waals surface area contributed by atoms with Crippen molar-refractivity contribution in [3.05, 3.63) is 35.9 Å². The zero-order valence-electron chi connectivity index (χ0n) is 14.4. The number of hydrogen-bond donors (Lipinski definition) is 2. The Morgan fingerprint density at radius 3 is 2.23 bits per heavy atom. The van der Waals surface area contributed by atoms with Crippen LogP contribution in [0.5, 0.6) is 0 Å². The number of hydrogen-bond acceptors (Lipinski definition) is 1. The molecule has 0 aliphatic heterocycles. The average Bonchev–Trinajstić information content (AvgIpc) is 2.47. The van der Waals surface area contributed by atoms with Crippen LogP contribution in [0.4, 0.5) is 0 Å². The molecule has 0 heterocycles. The molecule has 1 saturated carbocycles. The van der Waals surface area contributed by atoms with Crippen molar-refractivity contribution < 1.29 is 0 Å². The maximum Gasteiger partial charge on any atom is 0.166 e. The third kappa shape index (κ3) is 4.98. The summed E-state index contributed by atoms with van der Waals surface area (Å²) in [5, 5.41) is 7.70. The molecule has 22 heavy (non-hydrogen) atoms. The van der Waals surface area contributed by atoms with Gasteiger partial charge in [0.05, 0.1) is 6.04 Å². The summed E-state index contributed by atoms with van der Waals surface area (Å²) in [5.41, 5.74) is 1.70. The molecule has 2 N–H and O–H groups in total. The SMILES string of the molecule is C[C@H](NC(=S)NC1CCC(C(C)(C)C)CC1)c1ccccc1. The van der Waals surface area contributed by atoms with Gasteiger partial charge in [-0.1, -0.05) is 51.1 Å². The Balaban J connectivity index is 1.77. The van der Waals surface area contributed by atoms with E-state index in [2.05, 4.69) is 62.6 Å². The van der Waals surface area contributed by atoms with Crippen molar-refractivity contribution in [2.24, 2.45) is 11.3 Å². The Morgan fingerprint density at radius 1 is 1.09 bits per heavy atom. The van der Waals surface area contributed by atoms with Crippen LogP contribution in [0.15, 0.2) is 30.3 Å². The molecule has 2 nitrogen and oxygen atoms in total. The van der Waals surface area contributed by atoms with E-state index in [4.69, 9.17) is 12.2 Å². The highest BCUT2D eigenvalue weighted by Crippen LogP contribution is 2.37. The van der Waals surface area contributed by atoms with Crippen molar-refractivity contribution in [1.29, 1.82) is 0 Å². The van der Waals surface area contributed by atoms with Gasteiger partial charge in [-0.15, -0.1) is 0 Å². The normalized spacial score (nSPS) is 23.6. The Bertz CT molecular complexity index is 470. The summed E-state index contributed by atoms with van der Waals surface area (Å²) >= 11 is 5.49. The Morgan fingerprint density at radius 2 is 1.68 bits per heavy atom. The van der Waals surface area contributed by atoms with Crippen LogP contribution in [0.2, 0.25) is 0 Å². The molecule has 0 saturated heterocycles. The van der Waals surface area contributed by atoms with E-state index in [1.165, 1.54) is 31.2 Å². The minimum absolute atomic E-state index is 0.243. The topological polar surface area (TPSA) is 24.1 Å². The van der Waals surface area contributed by atoms with Crippen molar-refractivity contribution in [2.75, 3.05) is 0 Å². The Labute approximate surface area is 141 Å². The fraction of sp³-hybridized carbons (Fsp3) is 0.632. The van der Waals surface area contributed by atoms with Crippen molar-refractivity contribution >= 4 is 17.3 Å². The lowest BCUT2D eigenvalue weighted by Gasteiger charge is -2.37. The smallest absolute Gasteiger partial charge is 0.166 e. The van der Waals surface area contributed by atoms with Crippen LogP contribution >= 0.6 is 12.2 Å². The molecule has 1 atom stereocenters. The highest BCUT2D eigenvalue weighted by atomic mass is 32.1. The lowest BCUT2D eigenvalue weighted by molar-refractivity contribution is 0.165. The first kappa shape index (κ1) is 17.3. The van der Waals surface area contributed by atoms with Crippen LogP contribution in [0, 0.1) is 11.3 Å². The van der Waals surface area contributed by atoms with Gasteiger partial charge in [-0.05, 0) is 61.7 Å². The monoisotopic (exact) mass is 318 g/mol. The summed E-state index contributed by atoms with van der Waals surface area (Å²) in [4.78, 5) is 0. The summed E-state index contributed by atoms with van der Waals surface area (Å²) in [6.45, 7) is 9.23. The van der Waals surface area contributed by atoms with Gasteiger partial charge in [-0.2, -0.15) is 0 Å². The molecule has 1 fully saturated rings. The number of rotatable bonds is 3. The predicted octanol–water partition coefficient (Wildman–Crippen LogP) is 4.82. The number of nitrogens with one attached hydrogen (secondary N) is 2. The second-order valence-electron chi connectivity index (χ2n) is 7.66. The molecule has 0 spiro atoms. The molecule has 0 bridgehead atoms. The fourth-order valence-corrected chi connectivity index (χ4v) is 3.70. The van der Waals surface area contributed by atoms with Gasteiger partial charge in [-0.25, -0.2) is 0 Å². The van der Waals surface area contributed by atoms with Gasteiger partial charge < -0.3 is 10.6 Å². The highest BCUT2D eigenvalue weighted by molar-refractivity contribution is 7.80. The molecular formula is C19H30N2S. The van der Waals surface area contributed by atoms with E-state index in [9.17, 15) is 0 Å². The molecule has 1 aromatic rings. The van der Waals surface area contributed by atoms with Crippen molar-refractivity contribution in [1.82, 2.24) is 10.6 Å². The third-order valence-corrected chi connectivity index (χ3v) is 5.17. The van der Waals surface area contributed by atoms with Crippen LogP contribution in [0.3, 0.4) is 0 Å². The van der Waals surface area contributed by atoms with Crippen LogP contribution in [-0.2, 0) is 0 Å². The molecule has 1 aliphatic rings. The van der Waals surface area contributed by atoms with E-state index < -0.39 is 0 Å². The number of benzene rings is 1. The molecule has 1 aliphatic carbocycles. The van der Waals surface area contributed by atoms with Crippen LogP contribution in [0.25, 0.3) is 0 Å². The van der Waals surface area contributed by atoms with E-state index in [-0.39, 0.29) is 6.04 Å². The van der Waals surface area contributed by atoms with Crippen molar-refractivity contribution in [3.8, 4) is 0 Å². The average molecular weight is 319 g/mol. The van der Waals surface area contributed by atoms with Gasteiger partial charge in [0.1, 0.15) is 0 Å². The first-order valence-electron chi connectivity index (χ1n) is 8.48. The summed E-state index contributed by atoms with van der Waals surface area (Å²) in [5.74, 6) is 0.843. The second kappa shape index (κ2) is 7.45. The van der Waals surface area contributed by atoms with E-state index >= 15 is 0 Å². The molecular weight excluding hydrogens is 288 g/mol. The summed E-state index contributed by atoms with van der Waals surface area (Å²) < 4.78 is 0. The third-order valence-electron chi connectivity index (χ3n) is 4.93. The van der Waals surface area contributed by atoms with E-state index in [0.29, 0.717) is 11.5 Å². The van der Waals surface area contributed by atoms with Gasteiger partial charge in [-0.3, -0.25) is 0 Å². The first-order valence-corrected chi connectivity index (χ1v) is 8.89. The maximum absolute atomic E-state index is 5.49. The fourth-order valence-electron chi connectivity index (χ4n) is 3.35. The molecule has 2 rings (SSSR count). The van der Waals surface area contributed by atoms with Gasteiger partial charge in [0, 0.05) is 6.04 Å². The van der Waals surface area contributed by atoms with Gasteiger partial charge >= 0.3 is 0 Å². The molecule has 0 radical (unpaired) electrons. The Kier molecular flexibility index (Phi) is 5.85.